The molecule has 66 heavy (non-hydrogen) atoms. The number of carbonyl (C=O) groups is 4. The van der Waals surface area contributed by atoms with Crippen molar-refractivity contribution in [2.45, 2.75) is 220 Å². The summed E-state index contributed by atoms with van der Waals surface area (Å²) in [5.41, 5.74) is 0.589. The standard InChI is InChI=1S/C55H88N2O8S/c1-6-9-12-15-18-21-24-27-30-33-38-62-48-41-45(44-65-54(60)50-37-36-46(66-50)43-47-52(58)56(4)55(61)57(5)53(47)59)42-49(63-39-34-31-28-25-22-19-16-13-10-7-2)51(48)64-40-35-32-29-26-23-20-17-14-11-8-3/h36-37,41-43H,6-35,38-40,44H2,1-5H3. The fourth-order valence-corrected chi connectivity index (χ4v) is 9.10. The van der Waals surface area contributed by atoms with Crippen LogP contribution in [0.4, 0.5) is 4.79 Å². The highest BCUT2D eigenvalue weighted by Gasteiger charge is 2.38. The van der Waals surface area contributed by atoms with Crippen molar-refractivity contribution < 1.29 is 38.1 Å². The summed E-state index contributed by atoms with van der Waals surface area (Å²) in [5.74, 6) is -0.0455. The number of carbonyl (C=O) groups excluding carboxylic acids is 4. The number of imide groups is 2. The van der Waals surface area contributed by atoms with Crippen molar-refractivity contribution in [2.75, 3.05) is 33.9 Å². The molecule has 0 spiro atoms. The van der Waals surface area contributed by atoms with Crippen LogP contribution in [-0.4, -0.2) is 67.5 Å². The first kappa shape index (κ1) is 56.5. The smallest absolute Gasteiger partial charge is 0.348 e. The Morgan fingerprint density at radius 1 is 0.515 bits per heavy atom. The van der Waals surface area contributed by atoms with E-state index in [1.165, 1.54) is 174 Å². The quantitative estimate of drug-likeness (QED) is 0.0281. The number of rotatable bonds is 40. The maximum Gasteiger partial charge on any atom is 0.348 e. The zero-order valence-corrected chi connectivity index (χ0v) is 42.8. The van der Waals surface area contributed by atoms with Gasteiger partial charge >= 0.3 is 12.0 Å². The lowest BCUT2D eigenvalue weighted by molar-refractivity contribution is -0.134. The number of hydrogen-bond acceptors (Lipinski definition) is 9. The number of thiophene rings is 1. The summed E-state index contributed by atoms with van der Waals surface area (Å²) in [4.78, 5) is 53.8. The molecule has 0 saturated carbocycles. The Labute approximate surface area is 403 Å². The molecule has 0 N–H and O–H groups in total. The van der Waals surface area contributed by atoms with Crippen LogP contribution in [0.5, 0.6) is 17.2 Å². The van der Waals surface area contributed by atoms with Crippen LogP contribution in [0, 0.1) is 0 Å². The van der Waals surface area contributed by atoms with E-state index in [9.17, 15) is 19.2 Å². The minimum atomic E-state index is -0.689. The number of unbranched alkanes of at least 4 members (excludes halogenated alkanes) is 27. The van der Waals surface area contributed by atoms with Crippen molar-refractivity contribution >= 4 is 41.2 Å². The van der Waals surface area contributed by atoms with Crippen molar-refractivity contribution in [1.82, 2.24) is 9.80 Å². The second-order valence-corrected chi connectivity index (χ2v) is 19.5. The summed E-state index contributed by atoms with van der Waals surface area (Å²) in [7, 11) is 2.66. The van der Waals surface area contributed by atoms with E-state index in [-0.39, 0.29) is 12.2 Å². The van der Waals surface area contributed by atoms with Crippen LogP contribution in [0.15, 0.2) is 29.8 Å². The lowest BCUT2D eigenvalue weighted by Crippen LogP contribution is -2.52. The zero-order valence-electron chi connectivity index (χ0n) is 42.0. The molecule has 2 aromatic rings. The van der Waals surface area contributed by atoms with Gasteiger partial charge in [-0.25, -0.2) is 9.59 Å². The molecule has 10 nitrogen and oxygen atoms in total. The molecule has 0 aliphatic carbocycles. The topological polar surface area (TPSA) is 112 Å². The number of urea groups is 1. The van der Waals surface area contributed by atoms with Gasteiger partial charge in [0.15, 0.2) is 11.5 Å². The van der Waals surface area contributed by atoms with Gasteiger partial charge in [0, 0.05) is 19.0 Å². The third kappa shape index (κ3) is 22.3. The van der Waals surface area contributed by atoms with Gasteiger partial charge in [0.25, 0.3) is 11.8 Å². The van der Waals surface area contributed by atoms with Crippen LogP contribution in [0.3, 0.4) is 0 Å². The van der Waals surface area contributed by atoms with Gasteiger partial charge in [-0.1, -0.05) is 194 Å². The van der Waals surface area contributed by atoms with E-state index in [2.05, 4.69) is 20.8 Å². The lowest BCUT2D eigenvalue weighted by Gasteiger charge is -2.28. The normalized spacial score (nSPS) is 12.9. The van der Waals surface area contributed by atoms with Crippen molar-refractivity contribution in [2.24, 2.45) is 0 Å². The predicted molar refractivity (Wildman–Crippen MR) is 271 cm³/mol. The second kappa shape index (κ2) is 35.3. The molecular weight excluding hydrogens is 849 g/mol. The number of ether oxygens (including phenoxy) is 4. The van der Waals surface area contributed by atoms with Gasteiger partial charge in [-0.05, 0) is 55.2 Å². The van der Waals surface area contributed by atoms with Gasteiger partial charge in [0.2, 0.25) is 5.75 Å². The number of esters is 1. The molecule has 2 heterocycles. The number of benzene rings is 1. The van der Waals surface area contributed by atoms with Crippen LogP contribution in [-0.2, 0) is 20.9 Å². The molecule has 11 heteroatoms. The highest BCUT2D eigenvalue weighted by Crippen LogP contribution is 2.40. The van der Waals surface area contributed by atoms with Crippen LogP contribution in [0.2, 0.25) is 0 Å². The number of amides is 4. The first-order valence-corrected chi connectivity index (χ1v) is 27.2. The van der Waals surface area contributed by atoms with Crippen LogP contribution in [0.25, 0.3) is 6.08 Å². The molecular formula is C55H88N2O8S. The number of nitrogens with zero attached hydrogens (tertiary/aromatic N) is 2. The molecule has 0 radical (unpaired) electrons. The fourth-order valence-electron chi connectivity index (χ4n) is 8.26. The average Bonchev–Trinajstić information content (AvgIpc) is 3.80. The Morgan fingerprint density at radius 3 is 1.27 bits per heavy atom. The van der Waals surface area contributed by atoms with Gasteiger partial charge in [0.05, 0.1) is 19.8 Å². The molecule has 1 aromatic heterocycles. The highest BCUT2D eigenvalue weighted by molar-refractivity contribution is 7.14. The molecule has 0 unspecified atom stereocenters. The Hall–Kier alpha value is -3.86. The first-order chi connectivity index (χ1) is 32.2. The largest absolute Gasteiger partial charge is 0.490 e. The Morgan fingerprint density at radius 2 is 0.879 bits per heavy atom. The molecule has 1 saturated heterocycles. The Bertz CT molecular complexity index is 1630. The van der Waals surface area contributed by atoms with Gasteiger partial charge in [-0.3, -0.25) is 19.4 Å². The van der Waals surface area contributed by atoms with E-state index >= 15 is 0 Å². The van der Waals surface area contributed by atoms with E-state index in [0.29, 0.717) is 46.8 Å². The summed E-state index contributed by atoms with van der Waals surface area (Å²) in [6.45, 7) is 8.47. The molecule has 1 aromatic carbocycles. The van der Waals surface area contributed by atoms with E-state index in [0.717, 1.165) is 65.2 Å². The summed E-state index contributed by atoms with van der Waals surface area (Å²) in [6, 6.07) is 6.42. The maximum atomic E-state index is 13.4. The van der Waals surface area contributed by atoms with E-state index in [4.69, 9.17) is 18.9 Å². The van der Waals surface area contributed by atoms with E-state index < -0.39 is 23.8 Å². The van der Waals surface area contributed by atoms with Crippen LogP contribution < -0.4 is 14.2 Å². The van der Waals surface area contributed by atoms with Gasteiger partial charge in [-0.2, -0.15) is 0 Å². The van der Waals surface area contributed by atoms with Crippen molar-refractivity contribution in [3.8, 4) is 17.2 Å². The van der Waals surface area contributed by atoms with Crippen molar-refractivity contribution in [3.05, 3.63) is 45.2 Å². The van der Waals surface area contributed by atoms with E-state index in [1.54, 1.807) is 12.1 Å². The summed E-state index contributed by atoms with van der Waals surface area (Å²) in [5, 5.41) is 0. The summed E-state index contributed by atoms with van der Waals surface area (Å²) in [6.07, 6.45) is 38.7. The highest BCUT2D eigenvalue weighted by atomic mass is 32.1. The van der Waals surface area contributed by atoms with Crippen LogP contribution in [0.1, 0.15) is 234 Å². The van der Waals surface area contributed by atoms with Gasteiger partial charge in [-0.15, -0.1) is 11.3 Å². The molecule has 0 bridgehead atoms. The Balaban J connectivity index is 1.70. The zero-order chi connectivity index (χ0) is 47.6. The summed E-state index contributed by atoms with van der Waals surface area (Å²) < 4.78 is 25.5. The molecule has 1 aliphatic rings. The minimum Gasteiger partial charge on any atom is -0.490 e. The molecule has 3 rings (SSSR count). The molecule has 1 aliphatic heterocycles. The minimum absolute atomic E-state index is 0.0101. The van der Waals surface area contributed by atoms with E-state index in [1.807, 2.05) is 12.1 Å². The third-order valence-electron chi connectivity index (χ3n) is 12.5. The molecule has 4 amide bonds. The Kier molecular flexibility index (Phi) is 30.2. The van der Waals surface area contributed by atoms with Crippen molar-refractivity contribution in [3.63, 3.8) is 0 Å². The molecule has 1 fully saturated rings. The third-order valence-corrected chi connectivity index (χ3v) is 13.5. The monoisotopic (exact) mass is 937 g/mol. The van der Waals surface area contributed by atoms with Gasteiger partial charge in [0.1, 0.15) is 17.1 Å². The lowest BCUT2D eigenvalue weighted by atomic mass is 10.1. The molecule has 0 atom stereocenters. The number of hydrogen-bond donors (Lipinski definition) is 0. The van der Waals surface area contributed by atoms with Gasteiger partial charge < -0.3 is 18.9 Å². The first-order valence-electron chi connectivity index (χ1n) is 26.4. The second-order valence-electron chi connectivity index (χ2n) is 18.4. The average molecular weight is 937 g/mol. The van der Waals surface area contributed by atoms with Crippen molar-refractivity contribution in [1.29, 1.82) is 0 Å². The molecule has 372 valence electrons. The maximum absolute atomic E-state index is 13.4. The summed E-state index contributed by atoms with van der Waals surface area (Å²) >= 11 is 1.11. The number of likely N-dealkylation sites (N-methyl/N-ethyl adjacent to an activating group) is 2. The van der Waals surface area contributed by atoms with Crippen LogP contribution >= 0.6 is 11.3 Å². The SMILES string of the molecule is CCCCCCCCCCCCOc1cc(COC(=O)c2ccc(C=C3C(=O)N(C)C(=O)N(C)C3=O)s2)cc(OCCCCCCCCCCCC)c1OCCCCCCCCCCCC. The number of barbiturate groups is 1. The fraction of sp³-hybridized carbons (Fsp3) is 0.709. The predicted octanol–water partition coefficient (Wildman–Crippen LogP) is 15.4.